The van der Waals surface area contributed by atoms with Gasteiger partial charge >= 0.3 is 0 Å². The lowest BCUT2D eigenvalue weighted by Crippen LogP contribution is -2.18. The zero-order valence-corrected chi connectivity index (χ0v) is 15.4. The summed E-state index contributed by atoms with van der Waals surface area (Å²) in [5.41, 5.74) is 3.14. The number of rotatable bonds is 6. The van der Waals surface area contributed by atoms with E-state index < -0.39 is 0 Å². The summed E-state index contributed by atoms with van der Waals surface area (Å²) in [5, 5.41) is 0. The van der Waals surface area contributed by atoms with Crippen molar-refractivity contribution in [2.45, 2.75) is 33.1 Å². The molecule has 0 aliphatic rings. The Hall–Kier alpha value is -1.36. The van der Waals surface area contributed by atoms with Gasteiger partial charge in [-0.1, -0.05) is 51.1 Å². The van der Waals surface area contributed by atoms with Crippen LogP contribution in [0.1, 0.15) is 38.7 Å². The third-order valence-corrected chi connectivity index (χ3v) is 4.68. The molecular weight excluding hydrogens is 385 g/mol. The molecule has 0 saturated heterocycles. The number of carbonyl (C=O) groups excluding carboxylic acids is 1. The molecule has 0 radical (unpaired) electrons. The lowest BCUT2D eigenvalue weighted by Gasteiger charge is -2.25. The van der Waals surface area contributed by atoms with E-state index in [4.69, 9.17) is 0 Å². The summed E-state index contributed by atoms with van der Waals surface area (Å²) in [5.74, 6) is 1.05. The van der Waals surface area contributed by atoms with Crippen molar-refractivity contribution in [3.05, 3.63) is 57.7 Å². The largest absolute Gasteiger partial charge is 0.282 e. The molecule has 116 valence electrons. The topological polar surface area (TPSA) is 20.3 Å². The molecule has 2 nitrogen and oxygen atoms in total. The van der Waals surface area contributed by atoms with Crippen LogP contribution in [0.25, 0.3) is 0 Å². The Labute approximate surface area is 146 Å². The van der Waals surface area contributed by atoms with E-state index >= 15 is 0 Å². The Morgan fingerprint density at radius 1 is 1.00 bits per heavy atom. The molecule has 0 aliphatic heterocycles. The highest BCUT2D eigenvalue weighted by atomic mass is 127. The average Bonchev–Trinajstić information content (AvgIpc) is 2.49. The van der Waals surface area contributed by atoms with Crippen molar-refractivity contribution in [2.24, 2.45) is 5.92 Å². The SMILES string of the molecule is CC(C)CC(C)c1ccccc1N(C=O)c1ccccc1I. The van der Waals surface area contributed by atoms with E-state index in [1.165, 1.54) is 5.56 Å². The number of anilines is 2. The smallest absolute Gasteiger partial charge is 0.218 e. The van der Waals surface area contributed by atoms with E-state index in [-0.39, 0.29) is 0 Å². The number of carbonyl (C=O) groups is 1. The van der Waals surface area contributed by atoms with Crippen molar-refractivity contribution in [3.8, 4) is 0 Å². The van der Waals surface area contributed by atoms with Gasteiger partial charge < -0.3 is 0 Å². The Kier molecular flexibility index (Phi) is 6.00. The van der Waals surface area contributed by atoms with Crippen LogP contribution in [0, 0.1) is 9.49 Å². The first-order valence-corrected chi connectivity index (χ1v) is 8.70. The molecule has 0 N–H and O–H groups in total. The Morgan fingerprint density at radius 3 is 2.18 bits per heavy atom. The number of para-hydroxylation sites is 2. The number of benzene rings is 2. The predicted molar refractivity (Wildman–Crippen MR) is 102 cm³/mol. The molecule has 0 bridgehead atoms. The van der Waals surface area contributed by atoms with Crippen molar-refractivity contribution in [1.82, 2.24) is 0 Å². The molecule has 2 aromatic carbocycles. The third-order valence-electron chi connectivity index (χ3n) is 3.77. The quantitative estimate of drug-likeness (QED) is 0.442. The van der Waals surface area contributed by atoms with Crippen LogP contribution in [0.3, 0.4) is 0 Å². The van der Waals surface area contributed by atoms with Gasteiger partial charge in [0.1, 0.15) is 0 Å². The van der Waals surface area contributed by atoms with Crippen LogP contribution in [0.2, 0.25) is 0 Å². The highest BCUT2D eigenvalue weighted by Crippen LogP contribution is 2.35. The van der Waals surface area contributed by atoms with Crippen molar-refractivity contribution < 1.29 is 4.79 Å². The highest BCUT2D eigenvalue weighted by Gasteiger charge is 2.18. The number of hydrogen-bond acceptors (Lipinski definition) is 1. The Morgan fingerprint density at radius 2 is 1.59 bits per heavy atom. The van der Waals surface area contributed by atoms with Crippen molar-refractivity contribution in [2.75, 3.05) is 4.90 Å². The fraction of sp³-hybridized carbons (Fsp3) is 0.316. The molecule has 0 aliphatic carbocycles. The molecule has 1 unspecified atom stereocenters. The molecule has 2 rings (SSSR count). The first-order chi connectivity index (χ1) is 10.5. The second kappa shape index (κ2) is 7.77. The summed E-state index contributed by atoms with van der Waals surface area (Å²) in [6.07, 6.45) is 2.02. The third kappa shape index (κ3) is 3.88. The number of amides is 1. The number of halogens is 1. The monoisotopic (exact) mass is 407 g/mol. The van der Waals surface area contributed by atoms with Crippen LogP contribution < -0.4 is 4.90 Å². The molecular formula is C19H22INO. The number of hydrogen-bond donors (Lipinski definition) is 0. The van der Waals surface area contributed by atoms with Crippen molar-refractivity contribution in [3.63, 3.8) is 0 Å². The van der Waals surface area contributed by atoms with Crippen LogP contribution >= 0.6 is 22.6 Å². The van der Waals surface area contributed by atoms with Crippen molar-refractivity contribution >= 4 is 40.4 Å². The fourth-order valence-electron chi connectivity index (χ4n) is 2.85. The minimum atomic E-state index is 0.417. The summed E-state index contributed by atoms with van der Waals surface area (Å²) < 4.78 is 1.07. The van der Waals surface area contributed by atoms with Gasteiger partial charge in [-0.25, -0.2) is 0 Å². The molecule has 0 aromatic heterocycles. The van der Waals surface area contributed by atoms with Gasteiger partial charge in [-0.05, 0) is 64.6 Å². The van der Waals surface area contributed by atoms with Gasteiger partial charge in [-0.3, -0.25) is 9.69 Å². The summed E-state index contributed by atoms with van der Waals surface area (Å²) in [6, 6.07) is 16.2. The van der Waals surface area contributed by atoms with Gasteiger partial charge in [0.2, 0.25) is 6.41 Å². The minimum absolute atomic E-state index is 0.417. The van der Waals surface area contributed by atoms with Gasteiger partial charge in [-0.15, -0.1) is 0 Å². The first kappa shape index (κ1) is 17.0. The van der Waals surface area contributed by atoms with E-state index in [2.05, 4.69) is 55.5 Å². The molecule has 0 heterocycles. The van der Waals surface area contributed by atoms with E-state index in [1.807, 2.05) is 36.4 Å². The van der Waals surface area contributed by atoms with Crippen LogP contribution in [-0.2, 0) is 4.79 Å². The fourth-order valence-corrected chi connectivity index (χ4v) is 3.50. The van der Waals surface area contributed by atoms with E-state index in [1.54, 1.807) is 4.90 Å². The highest BCUT2D eigenvalue weighted by molar-refractivity contribution is 14.1. The average molecular weight is 407 g/mol. The maximum atomic E-state index is 11.8. The van der Waals surface area contributed by atoms with Crippen LogP contribution in [0.5, 0.6) is 0 Å². The van der Waals surface area contributed by atoms with Gasteiger partial charge in [0.15, 0.2) is 0 Å². The zero-order chi connectivity index (χ0) is 16.1. The lowest BCUT2D eigenvalue weighted by molar-refractivity contribution is -0.106. The normalized spacial score (nSPS) is 12.2. The maximum absolute atomic E-state index is 11.8. The van der Waals surface area contributed by atoms with Gasteiger partial charge in [0.25, 0.3) is 0 Å². The zero-order valence-electron chi connectivity index (χ0n) is 13.3. The summed E-state index contributed by atoms with van der Waals surface area (Å²) in [4.78, 5) is 13.5. The van der Waals surface area contributed by atoms with Gasteiger partial charge in [0, 0.05) is 3.57 Å². The molecule has 1 amide bonds. The first-order valence-electron chi connectivity index (χ1n) is 7.62. The Bertz CT molecular complexity index is 639. The van der Waals surface area contributed by atoms with Crippen LogP contribution in [-0.4, -0.2) is 6.41 Å². The molecule has 22 heavy (non-hydrogen) atoms. The van der Waals surface area contributed by atoms with Gasteiger partial charge in [-0.2, -0.15) is 0 Å². The molecule has 0 fully saturated rings. The number of nitrogens with zero attached hydrogens (tertiary/aromatic N) is 1. The van der Waals surface area contributed by atoms with Crippen molar-refractivity contribution in [1.29, 1.82) is 0 Å². The molecule has 0 saturated carbocycles. The second-order valence-electron chi connectivity index (χ2n) is 6.02. The van der Waals surface area contributed by atoms with E-state index in [0.717, 1.165) is 27.8 Å². The summed E-state index contributed by atoms with van der Waals surface area (Å²) >= 11 is 2.27. The molecule has 0 spiro atoms. The maximum Gasteiger partial charge on any atom is 0.218 e. The van der Waals surface area contributed by atoms with Crippen LogP contribution in [0.15, 0.2) is 48.5 Å². The van der Waals surface area contributed by atoms with Gasteiger partial charge in [0.05, 0.1) is 11.4 Å². The summed E-state index contributed by atoms with van der Waals surface area (Å²) in [6.45, 7) is 6.70. The predicted octanol–water partition coefficient (Wildman–Crippen LogP) is 5.74. The van der Waals surface area contributed by atoms with E-state index in [9.17, 15) is 4.79 Å². The molecule has 1 atom stereocenters. The Balaban J connectivity index is 2.46. The minimum Gasteiger partial charge on any atom is -0.282 e. The van der Waals surface area contributed by atoms with E-state index in [0.29, 0.717) is 11.8 Å². The molecule has 2 aromatic rings. The van der Waals surface area contributed by atoms with Crippen LogP contribution in [0.4, 0.5) is 11.4 Å². The standard InChI is InChI=1S/C19H22INO/c1-14(2)12-15(3)16-8-4-6-10-18(16)21(13-22)19-11-7-5-9-17(19)20/h4-11,13-15H,12H2,1-3H3. The lowest BCUT2D eigenvalue weighted by atomic mass is 9.90. The second-order valence-corrected chi connectivity index (χ2v) is 7.18. The summed E-state index contributed by atoms with van der Waals surface area (Å²) in [7, 11) is 0. The molecule has 3 heteroatoms.